The fraction of sp³-hybridized carbons (Fsp3) is 0.684. The summed E-state index contributed by atoms with van der Waals surface area (Å²) in [4.78, 5) is 150. The molecule has 0 bridgehead atoms. The van der Waals surface area contributed by atoms with E-state index >= 15 is 0 Å². The average Bonchev–Trinajstić information content (AvgIpc) is 0.841. The molecule has 90 heavy (non-hydrogen) atoms. The first-order valence-corrected chi connectivity index (χ1v) is 35.5. The Labute approximate surface area is 545 Å². The van der Waals surface area contributed by atoms with Crippen LogP contribution in [0.3, 0.4) is 0 Å². The second kappa shape index (κ2) is 37.5. The minimum Gasteiger partial charge on any atom is -0.463 e. The quantitative estimate of drug-likeness (QED) is 0.0465. The van der Waals surface area contributed by atoms with E-state index in [2.05, 4.69) is 0 Å². The first-order valence-electron chi connectivity index (χ1n) is 28.3. The zero-order valence-electron chi connectivity index (χ0n) is 52.5. The van der Waals surface area contributed by atoms with Crippen molar-refractivity contribution < 1.29 is 129 Å². The number of ether oxygens (including phenoxy) is 15. The number of esters is 12. The third kappa shape index (κ3) is 23.4. The summed E-state index contributed by atoms with van der Waals surface area (Å²) in [6, 6.07) is 0. The van der Waals surface area contributed by atoms with Gasteiger partial charge in [-0.1, -0.05) is 85.5 Å². The third-order valence-electron chi connectivity index (χ3n) is 13.2. The molecule has 504 valence electrons. The summed E-state index contributed by atoms with van der Waals surface area (Å²) in [5.41, 5.74) is 1.99. The summed E-state index contributed by atoms with van der Waals surface area (Å²) < 4.78 is 86.4. The van der Waals surface area contributed by atoms with Crippen molar-refractivity contribution >= 4 is 136 Å². The van der Waals surface area contributed by atoms with Gasteiger partial charge in [0.1, 0.15) is 38.1 Å². The number of hydrogen-bond donors (Lipinski definition) is 0. The zero-order valence-corrected chi connectivity index (χ0v) is 57.4. The molecule has 3 aliphatic rings. The maximum atomic E-state index is 12.8. The van der Waals surface area contributed by atoms with E-state index in [1.165, 1.54) is 53.2 Å². The molecule has 0 saturated carbocycles. The Hall–Kier alpha value is -5.16. The highest BCUT2D eigenvalue weighted by atomic mass is 33.1. The Morgan fingerprint density at radius 2 is 0.467 bits per heavy atom. The van der Waals surface area contributed by atoms with E-state index < -0.39 is 181 Å². The second-order valence-electron chi connectivity index (χ2n) is 20.2. The highest BCUT2D eigenvalue weighted by Gasteiger charge is 2.55. The van der Waals surface area contributed by atoms with Crippen molar-refractivity contribution in [3.05, 3.63) is 33.4 Å². The second-order valence-corrected chi connectivity index (χ2v) is 27.6. The van der Waals surface area contributed by atoms with E-state index in [9.17, 15) is 57.5 Å². The lowest BCUT2D eigenvalue weighted by atomic mass is 9.85. The molecule has 1 aromatic rings. The topological polar surface area (TPSA) is 343 Å². The zero-order chi connectivity index (χ0) is 67.3. The van der Waals surface area contributed by atoms with Crippen molar-refractivity contribution in [2.24, 2.45) is 0 Å². The van der Waals surface area contributed by atoms with E-state index in [-0.39, 0.29) is 17.3 Å². The van der Waals surface area contributed by atoms with Gasteiger partial charge in [0.05, 0.1) is 0 Å². The lowest BCUT2D eigenvalue weighted by molar-refractivity contribution is -0.237. The van der Waals surface area contributed by atoms with Gasteiger partial charge in [-0.15, -0.1) is 0 Å². The smallest absolute Gasteiger partial charge is 0.303 e. The van der Waals surface area contributed by atoms with E-state index in [1.807, 2.05) is 20.8 Å². The highest BCUT2D eigenvalue weighted by Crippen LogP contribution is 2.48. The normalized spacial score (nSPS) is 26.2. The monoisotopic (exact) mass is 1390 g/mol. The van der Waals surface area contributed by atoms with Crippen molar-refractivity contribution in [3.63, 3.8) is 0 Å². The van der Waals surface area contributed by atoms with Crippen LogP contribution in [0.25, 0.3) is 0 Å². The highest BCUT2D eigenvalue weighted by molar-refractivity contribution is 8.77. The molecule has 0 unspecified atom stereocenters. The van der Waals surface area contributed by atoms with Gasteiger partial charge in [0.15, 0.2) is 71.2 Å². The summed E-state index contributed by atoms with van der Waals surface area (Å²) in [6.45, 7) is 18.3. The van der Waals surface area contributed by atoms with E-state index in [4.69, 9.17) is 71.1 Å². The van der Waals surface area contributed by atoms with Gasteiger partial charge in [-0.25, -0.2) is 0 Å². The first-order chi connectivity index (χ1) is 42.4. The van der Waals surface area contributed by atoms with Crippen LogP contribution in [-0.2, 0) is 165 Å². The van der Waals surface area contributed by atoms with E-state index in [0.29, 0.717) is 19.3 Å². The summed E-state index contributed by atoms with van der Waals surface area (Å²) >= 11 is 0. The van der Waals surface area contributed by atoms with Gasteiger partial charge in [0.25, 0.3) is 0 Å². The van der Waals surface area contributed by atoms with Gasteiger partial charge >= 0.3 is 71.6 Å². The molecule has 27 nitrogen and oxygen atoms in total. The van der Waals surface area contributed by atoms with Crippen LogP contribution < -0.4 is 0 Å². The van der Waals surface area contributed by atoms with Gasteiger partial charge in [0.2, 0.25) is 0 Å². The number of carbonyl (C=O) groups is 12. The molecule has 3 aliphatic heterocycles. The lowest BCUT2D eigenvalue weighted by Crippen LogP contribution is -2.61. The fourth-order valence-electron chi connectivity index (χ4n) is 10.2. The Morgan fingerprint density at radius 1 is 0.278 bits per heavy atom. The minimum absolute atomic E-state index is 0.239. The molecule has 3 fully saturated rings. The number of rotatable bonds is 30. The van der Waals surface area contributed by atoms with Crippen molar-refractivity contribution in [2.75, 3.05) is 19.8 Å². The van der Waals surface area contributed by atoms with Gasteiger partial charge < -0.3 is 71.1 Å². The molecule has 3 heterocycles. The summed E-state index contributed by atoms with van der Waals surface area (Å²) in [5, 5.41) is 0. The summed E-state index contributed by atoms with van der Waals surface area (Å²) in [7, 11) is 7.22. The minimum atomic E-state index is -1.42. The molecule has 33 heteroatoms. The molecule has 15 atom stereocenters. The van der Waals surface area contributed by atoms with Gasteiger partial charge in [-0.3, -0.25) is 57.5 Å². The maximum absolute atomic E-state index is 12.8. The van der Waals surface area contributed by atoms with Gasteiger partial charge in [-0.05, 0) is 52.6 Å². The summed E-state index contributed by atoms with van der Waals surface area (Å²) in [6.07, 6.45) is -14.7. The van der Waals surface area contributed by atoms with Gasteiger partial charge in [0, 0.05) is 100 Å². The van der Waals surface area contributed by atoms with Crippen LogP contribution in [0.1, 0.15) is 137 Å². The molecule has 0 aromatic heterocycles. The van der Waals surface area contributed by atoms with Gasteiger partial charge in [-0.2, -0.15) is 0 Å². The number of benzene rings is 1. The molecule has 0 radical (unpaired) electrons. The number of carbonyl (C=O) groups excluding carboxylic acids is 12. The summed E-state index contributed by atoms with van der Waals surface area (Å²) in [5.74, 6) is -8.44. The predicted octanol–water partition coefficient (Wildman–Crippen LogP) is 6.27. The van der Waals surface area contributed by atoms with Crippen LogP contribution in [-0.4, -0.2) is 181 Å². The van der Waals surface area contributed by atoms with Crippen molar-refractivity contribution in [1.82, 2.24) is 0 Å². The first kappa shape index (κ1) is 77.3. The Morgan fingerprint density at radius 3 is 0.644 bits per heavy atom. The fourth-order valence-corrected chi connectivity index (χ4v) is 18.0. The maximum Gasteiger partial charge on any atom is 0.303 e. The SMILES string of the molecule is CCc1c(CSS[C@@H]2O[C@H](COC(C)=O)[C@@H](OC(C)=O)[C@H](OC(C)=O)[C@H]2OC(C)=O)c(CC)c(CSS[C@@H]2O[C@H](COC(C)=O)[C@@H](OC(C)=O)[C@H](OC(C)=O)[C@H]2OC(C)=O)c(CC)c1CSS[C@@H]1O[C@H](COC(C)=O)[C@@H](OC(C)=O)[C@H](OC(C)=O)[C@H]1OC(C)=O. The molecule has 1 aromatic carbocycles. The predicted molar refractivity (Wildman–Crippen MR) is 327 cm³/mol. The van der Waals surface area contributed by atoms with Crippen molar-refractivity contribution in [3.8, 4) is 0 Å². The van der Waals surface area contributed by atoms with Crippen molar-refractivity contribution in [2.45, 2.75) is 230 Å². The molecular weight excluding hydrogens is 1310 g/mol. The molecule has 0 aliphatic carbocycles. The lowest BCUT2D eigenvalue weighted by Gasteiger charge is -2.44. The molecule has 3 saturated heterocycles. The van der Waals surface area contributed by atoms with Crippen LogP contribution in [0.4, 0.5) is 0 Å². The van der Waals surface area contributed by atoms with E-state index in [1.54, 1.807) is 0 Å². The third-order valence-corrected chi connectivity index (χ3v) is 20.5. The van der Waals surface area contributed by atoms with Crippen LogP contribution in [0, 0.1) is 0 Å². The molecule has 0 spiro atoms. The van der Waals surface area contributed by atoms with Crippen LogP contribution in [0.5, 0.6) is 0 Å². The average molecular weight is 1390 g/mol. The van der Waals surface area contributed by atoms with E-state index in [0.717, 1.165) is 128 Å². The molecule has 4 rings (SSSR count). The Balaban J connectivity index is 1.92. The molecule has 0 N–H and O–H groups in total. The largest absolute Gasteiger partial charge is 0.463 e. The molecule has 0 amide bonds. The van der Waals surface area contributed by atoms with Crippen LogP contribution in [0.2, 0.25) is 0 Å². The standard InChI is InChI=1S/C57H78O27S6/c1-16-37-40(22-85-88-55-52(79-34(13)67)49(76-31(10)64)46(73-28(7)61)43(82-55)19-70-25(4)58)38(17-2)42(24-87-90-57-54(81-36(15)69)51(78-33(12)66)48(75-30(9)63)45(84-57)21-72-27(6)60)39(18-3)41(37)23-86-89-56-53(80-35(14)68)50(77-32(11)65)47(74-29(8)62)44(83-56)20-71-26(5)59/h43-57H,16-24H2,1-15H3/t43-,44-,45-,46-,47-,48-,49+,50+,51+,52-,53-,54-,55+,56+,57+/m1/s1. The molecular formula is C57H78O27S6. The Bertz CT molecular complexity index is 2440. The van der Waals surface area contributed by atoms with Crippen molar-refractivity contribution in [1.29, 1.82) is 0 Å². The number of hydrogen-bond acceptors (Lipinski definition) is 33. The van der Waals surface area contributed by atoms with Crippen LogP contribution in [0.15, 0.2) is 0 Å². The Kier molecular flexibility index (Phi) is 32.2. The van der Waals surface area contributed by atoms with Crippen LogP contribution >= 0.6 is 64.8 Å².